The predicted octanol–water partition coefficient (Wildman–Crippen LogP) is 8.09. The highest BCUT2D eigenvalue weighted by molar-refractivity contribution is 5.97. The fraction of sp³-hybridized carbons (Fsp3) is 0.314. The van der Waals surface area contributed by atoms with Crippen LogP contribution in [0.3, 0.4) is 0 Å². The predicted molar refractivity (Wildman–Crippen MR) is 162 cm³/mol. The van der Waals surface area contributed by atoms with E-state index in [1.54, 1.807) is 18.2 Å². The van der Waals surface area contributed by atoms with Gasteiger partial charge in [0.25, 0.3) is 0 Å². The van der Waals surface area contributed by atoms with E-state index in [4.69, 9.17) is 24.4 Å². The van der Waals surface area contributed by atoms with Gasteiger partial charge in [0.15, 0.2) is 0 Å². The van der Waals surface area contributed by atoms with Crippen molar-refractivity contribution in [2.24, 2.45) is 5.73 Å². The van der Waals surface area contributed by atoms with Gasteiger partial charge in [0.1, 0.15) is 34.5 Å². The molecule has 0 amide bonds. The van der Waals surface area contributed by atoms with Gasteiger partial charge in [-0.15, -0.1) is 0 Å². The number of nitriles is 1. The van der Waals surface area contributed by atoms with E-state index in [-0.39, 0.29) is 17.4 Å². The molecule has 0 fully saturated rings. The number of carbonyl (C=O) groups is 1. The van der Waals surface area contributed by atoms with Crippen LogP contribution in [0.15, 0.2) is 76.5 Å². The van der Waals surface area contributed by atoms with Crippen molar-refractivity contribution < 1.29 is 23.4 Å². The quantitative estimate of drug-likeness (QED) is 0.111. The van der Waals surface area contributed by atoms with Crippen molar-refractivity contribution >= 4 is 16.9 Å². The van der Waals surface area contributed by atoms with E-state index in [1.165, 1.54) is 19.3 Å². The van der Waals surface area contributed by atoms with Crippen LogP contribution in [0.4, 0.5) is 0 Å². The van der Waals surface area contributed by atoms with E-state index in [2.05, 4.69) is 19.9 Å². The summed E-state index contributed by atoms with van der Waals surface area (Å²) in [6.07, 6.45) is 6.77. The first-order chi connectivity index (χ1) is 20.4. The van der Waals surface area contributed by atoms with E-state index in [9.17, 15) is 10.1 Å². The number of allylic oxidation sites excluding steroid dienone is 1. The number of carbonyl (C=O) groups excluding carboxylic acids is 1. The number of ether oxygens (including phenoxy) is 3. The van der Waals surface area contributed by atoms with Gasteiger partial charge in [0, 0.05) is 22.6 Å². The number of nitrogens with two attached hydrogens (primary N) is 1. The van der Waals surface area contributed by atoms with Crippen molar-refractivity contribution in [3.05, 3.63) is 100 Å². The van der Waals surface area contributed by atoms with Crippen LogP contribution in [0.25, 0.3) is 11.0 Å². The lowest BCUT2D eigenvalue weighted by Gasteiger charge is -2.26. The Morgan fingerprint density at radius 3 is 2.48 bits per heavy atom. The van der Waals surface area contributed by atoms with Gasteiger partial charge in [0.2, 0.25) is 11.6 Å². The van der Waals surface area contributed by atoms with Crippen LogP contribution >= 0.6 is 0 Å². The van der Waals surface area contributed by atoms with Crippen LogP contribution in [0, 0.1) is 18.3 Å². The van der Waals surface area contributed by atoms with E-state index < -0.39 is 11.9 Å². The van der Waals surface area contributed by atoms with Crippen LogP contribution in [0.2, 0.25) is 0 Å². The molecule has 1 aliphatic heterocycles. The second-order valence-electron chi connectivity index (χ2n) is 10.6. The molecule has 0 saturated carbocycles. The molecule has 1 aromatic heterocycles. The Morgan fingerprint density at radius 1 is 0.976 bits per heavy atom. The standard InChI is InChI=1S/C35H36N2O5/c1-4-6-7-8-9-18-39-25-13-11-24(12-14-25)32-27-16-15-26(20-31(27)42-34(37)29(32)21-36)40-35(38)33-22(3)28-19-23(5-2)10-17-30(28)41-33/h10-17,19-20,32H,4-9,18,37H2,1-3H3. The molecule has 7 nitrogen and oxygen atoms in total. The number of nitrogens with zero attached hydrogens (tertiary/aromatic N) is 1. The lowest BCUT2D eigenvalue weighted by atomic mass is 9.83. The highest BCUT2D eigenvalue weighted by Crippen LogP contribution is 2.44. The number of furan rings is 1. The Kier molecular flexibility index (Phi) is 8.83. The first-order valence-corrected chi connectivity index (χ1v) is 14.6. The molecule has 216 valence electrons. The van der Waals surface area contributed by atoms with E-state index >= 15 is 0 Å². The van der Waals surface area contributed by atoms with Gasteiger partial charge in [-0.2, -0.15) is 5.26 Å². The third-order valence-electron chi connectivity index (χ3n) is 7.73. The Balaban J connectivity index is 1.34. The number of fused-ring (bicyclic) bond motifs is 2. The van der Waals surface area contributed by atoms with Crippen LogP contribution in [0.1, 0.15) is 84.7 Å². The molecule has 1 unspecified atom stereocenters. The van der Waals surface area contributed by atoms with Gasteiger partial charge < -0.3 is 24.4 Å². The molecule has 5 rings (SSSR count). The fourth-order valence-corrected chi connectivity index (χ4v) is 5.33. The molecule has 3 aromatic carbocycles. The molecule has 2 heterocycles. The topological polar surface area (TPSA) is 108 Å². The minimum Gasteiger partial charge on any atom is -0.494 e. The zero-order chi connectivity index (χ0) is 29.6. The summed E-state index contributed by atoms with van der Waals surface area (Å²) in [5.41, 5.74) is 10.7. The maximum atomic E-state index is 13.1. The van der Waals surface area contributed by atoms with Gasteiger partial charge in [-0.25, -0.2) is 4.79 Å². The van der Waals surface area contributed by atoms with Crippen molar-refractivity contribution in [3.63, 3.8) is 0 Å². The minimum absolute atomic E-state index is 0.0192. The molecular weight excluding hydrogens is 528 g/mol. The third-order valence-corrected chi connectivity index (χ3v) is 7.73. The van der Waals surface area contributed by atoms with Crippen molar-refractivity contribution in [3.8, 4) is 23.3 Å². The molecule has 0 radical (unpaired) electrons. The molecule has 42 heavy (non-hydrogen) atoms. The van der Waals surface area contributed by atoms with E-state index in [0.717, 1.165) is 52.7 Å². The van der Waals surface area contributed by atoms with E-state index in [0.29, 0.717) is 23.5 Å². The summed E-state index contributed by atoms with van der Waals surface area (Å²) in [7, 11) is 0. The van der Waals surface area contributed by atoms with Crippen LogP contribution in [0.5, 0.6) is 17.2 Å². The molecule has 7 heteroatoms. The van der Waals surface area contributed by atoms with Crippen molar-refractivity contribution in [1.82, 2.24) is 0 Å². The van der Waals surface area contributed by atoms with E-state index in [1.807, 2.05) is 49.4 Å². The Morgan fingerprint density at radius 2 is 1.74 bits per heavy atom. The summed E-state index contributed by atoms with van der Waals surface area (Å²) in [6, 6.07) is 20.9. The molecular formula is C35H36N2O5. The smallest absolute Gasteiger partial charge is 0.379 e. The molecule has 0 bridgehead atoms. The maximum absolute atomic E-state index is 13.1. The summed E-state index contributed by atoms with van der Waals surface area (Å²) in [5, 5.41) is 10.8. The number of rotatable bonds is 11. The summed E-state index contributed by atoms with van der Waals surface area (Å²) in [6.45, 7) is 6.81. The molecule has 4 aromatic rings. The molecule has 2 N–H and O–H groups in total. The normalized spacial score (nSPS) is 14.3. The van der Waals surface area contributed by atoms with Gasteiger partial charge in [-0.1, -0.05) is 63.8 Å². The highest BCUT2D eigenvalue weighted by Gasteiger charge is 2.31. The average Bonchev–Trinajstić information content (AvgIpc) is 3.34. The number of benzene rings is 3. The number of aryl methyl sites for hydroxylation is 2. The number of hydrogen-bond acceptors (Lipinski definition) is 7. The second kappa shape index (κ2) is 12.9. The summed E-state index contributed by atoms with van der Waals surface area (Å²) < 4.78 is 23.3. The molecule has 0 aliphatic carbocycles. The van der Waals surface area contributed by atoms with Crippen LogP contribution < -0.4 is 19.9 Å². The first kappa shape index (κ1) is 28.8. The van der Waals surface area contributed by atoms with Crippen molar-refractivity contribution in [2.75, 3.05) is 6.61 Å². The molecule has 1 atom stereocenters. The summed E-state index contributed by atoms with van der Waals surface area (Å²) in [5.74, 6) is 0.625. The number of hydrogen-bond donors (Lipinski definition) is 1. The summed E-state index contributed by atoms with van der Waals surface area (Å²) in [4.78, 5) is 13.1. The first-order valence-electron chi connectivity index (χ1n) is 14.6. The number of unbranched alkanes of at least 4 members (excludes halogenated alkanes) is 4. The maximum Gasteiger partial charge on any atom is 0.379 e. The molecule has 0 spiro atoms. The molecule has 0 saturated heterocycles. The fourth-order valence-electron chi connectivity index (χ4n) is 5.33. The summed E-state index contributed by atoms with van der Waals surface area (Å²) >= 11 is 0. The van der Waals surface area contributed by atoms with Crippen molar-refractivity contribution in [1.29, 1.82) is 5.26 Å². The lowest BCUT2D eigenvalue weighted by molar-refractivity contribution is 0.0702. The minimum atomic E-state index is -0.601. The monoisotopic (exact) mass is 564 g/mol. The van der Waals surface area contributed by atoms with Gasteiger partial charge in [0.05, 0.1) is 12.5 Å². The third kappa shape index (κ3) is 5.99. The lowest BCUT2D eigenvalue weighted by Crippen LogP contribution is -2.21. The number of esters is 1. The molecule has 1 aliphatic rings. The largest absolute Gasteiger partial charge is 0.494 e. The average molecular weight is 565 g/mol. The van der Waals surface area contributed by atoms with Crippen molar-refractivity contribution in [2.45, 2.75) is 65.2 Å². The van der Waals surface area contributed by atoms with Gasteiger partial charge in [-0.05, 0) is 61.2 Å². The van der Waals surface area contributed by atoms with Crippen LogP contribution in [-0.4, -0.2) is 12.6 Å². The Bertz CT molecular complexity index is 1660. The highest BCUT2D eigenvalue weighted by atomic mass is 16.5. The zero-order valence-electron chi connectivity index (χ0n) is 24.4. The Hall–Kier alpha value is -4.70. The zero-order valence-corrected chi connectivity index (χ0v) is 24.4. The van der Waals surface area contributed by atoms with Gasteiger partial charge in [-0.3, -0.25) is 0 Å². The van der Waals surface area contributed by atoms with Gasteiger partial charge >= 0.3 is 5.97 Å². The Labute approximate surface area is 246 Å². The van der Waals surface area contributed by atoms with Crippen LogP contribution in [-0.2, 0) is 6.42 Å². The second-order valence-corrected chi connectivity index (χ2v) is 10.6. The SMILES string of the molecule is CCCCCCCOc1ccc(C2C(C#N)=C(N)Oc3cc(OC(=O)c4oc5ccc(CC)cc5c4C)ccc32)cc1.